The first-order valence-corrected chi connectivity index (χ1v) is 10.2. The Hall–Kier alpha value is -1.88. The minimum Gasteiger partial charge on any atom is -0.369 e. The molecule has 2 amide bonds. The monoisotopic (exact) mass is 372 g/mol. The van der Waals surface area contributed by atoms with Gasteiger partial charge in [-0.15, -0.1) is 0 Å². The van der Waals surface area contributed by atoms with Gasteiger partial charge in [-0.05, 0) is 50.5 Å². The lowest BCUT2D eigenvalue weighted by molar-refractivity contribution is -0.148. The normalized spacial score (nSPS) is 20.7. The van der Waals surface area contributed by atoms with Crippen molar-refractivity contribution in [1.29, 1.82) is 0 Å². The van der Waals surface area contributed by atoms with Gasteiger partial charge in [0.05, 0.1) is 0 Å². The number of likely N-dealkylation sites (tertiary alicyclic amines) is 2. The fraction of sp³-hybridized carbons (Fsp3) is 0.636. The molecule has 0 aliphatic carbocycles. The summed E-state index contributed by atoms with van der Waals surface area (Å²) in [6.45, 7) is 7.48. The van der Waals surface area contributed by atoms with E-state index < -0.39 is 0 Å². The molecule has 2 saturated heterocycles. The minimum absolute atomic E-state index is 0.0968. The van der Waals surface area contributed by atoms with Gasteiger partial charge in [0.25, 0.3) is 5.91 Å². The van der Waals surface area contributed by atoms with Crippen LogP contribution in [0.3, 0.4) is 0 Å². The van der Waals surface area contributed by atoms with Crippen molar-refractivity contribution in [3.8, 4) is 0 Å². The summed E-state index contributed by atoms with van der Waals surface area (Å²) in [5, 5.41) is 0. The van der Waals surface area contributed by atoms with Crippen LogP contribution in [0, 0.1) is 5.41 Å². The molecule has 1 aromatic carbocycles. The van der Waals surface area contributed by atoms with Gasteiger partial charge in [0, 0.05) is 39.2 Å². The van der Waals surface area contributed by atoms with Gasteiger partial charge in [-0.3, -0.25) is 9.59 Å². The predicted octanol–water partition coefficient (Wildman–Crippen LogP) is 2.89. The van der Waals surface area contributed by atoms with Gasteiger partial charge in [0.15, 0.2) is 0 Å². The number of carbonyl (C=O) groups excluding carboxylic acids is 2. The Morgan fingerprint density at radius 2 is 1.89 bits per heavy atom. The summed E-state index contributed by atoms with van der Waals surface area (Å²) in [5.41, 5.74) is 1.45. The van der Waals surface area contributed by atoms with E-state index >= 15 is 0 Å². The van der Waals surface area contributed by atoms with Crippen LogP contribution in [0.2, 0.25) is 0 Å². The predicted molar refractivity (Wildman–Crippen MR) is 105 cm³/mol. The zero-order chi connectivity index (χ0) is 19.3. The summed E-state index contributed by atoms with van der Waals surface area (Å²) in [6, 6.07) is 10.4. The molecule has 2 heterocycles. The van der Waals surface area contributed by atoms with Crippen LogP contribution >= 0.6 is 0 Å². The average Bonchev–Trinajstić information content (AvgIpc) is 2.70. The third-order valence-corrected chi connectivity index (χ3v) is 6.16. The SMILES string of the molecule is CCOC(C)C(=O)N1CCC2(CCC(=O)N(CCc3ccccc3)C2)CC1. The standard InChI is InChI=1S/C22H32N2O3/c1-3-27-18(2)21(26)23-15-12-22(13-16-23)11-9-20(25)24(17-22)14-10-19-7-5-4-6-8-19/h4-8,18H,3,9-17H2,1-2H3. The Balaban J connectivity index is 1.54. The highest BCUT2D eigenvalue weighted by atomic mass is 16.5. The topological polar surface area (TPSA) is 49.9 Å². The highest BCUT2D eigenvalue weighted by Gasteiger charge is 2.41. The Kier molecular flexibility index (Phi) is 6.53. The average molecular weight is 373 g/mol. The smallest absolute Gasteiger partial charge is 0.251 e. The maximum absolute atomic E-state index is 12.5. The van der Waals surface area contributed by atoms with Crippen LogP contribution in [-0.2, 0) is 20.7 Å². The highest BCUT2D eigenvalue weighted by molar-refractivity contribution is 5.80. The molecule has 1 atom stereocenters. The zero-order valence-electron chi connectivity index (χ0n) is 16.7. The van der Waals surface area contributed by atoms with Crippen LogP contribution in [0.25, 0.3) is 0 Å². The molecule has 3 rings (SSSR count). The van der Waals surface area contributed by atoms with Crippen LogP contribution in [-0.4, -0.2) is 60.5 Å². The van der Waals surface area contributed by atoms with Crippen molar-refractivity contribution >= 4 is 11.8 Å². The number of benzene rings is 1. The van der Waals surface area contributed by atoms with E-state index in [-0.39, 0.29) is 23.3 Å². The summed E-state index contributed by atoms with van der Waals surface area (Å²) in [7, 11) is 0. The molecule has 148 valence electrons. The van der Waals surface area contributed by atoms with E-state index in [1.807, 2.05) is 36.9 Å². The van der Waals surface area contributed by atoms with E-state index in [1.165, 1.54) is 5.56 Å². The summed E-state index contributed by atoms with van der Waals surface area (Å²) in [4.78, 5) is 28.9. The number of piperidine rings is 2. The van der Waals surface area contributed by atoms with Gasteiger partial charge in [0.2, 0.25) is 5.91 Å². The Labute approximate surface area is 162 Å². The highest BCUT2D eigenvalue weighted by Crippen LogP contribution is 2.40. The summed E-state index contributed by atoms with van der Waals surface area (Å²) in [6.07, 6.45) is 4.09. The lowest BCUT2D eigenvalue weighted by atomic mass is 9.72. The number of amides is 2. The number of carbonyl (C=O) groups is 2. The molecule has 0 bridgehead atoms. The van der Waals surface area contributed by atoms with Gasteiger partial charge in [-0.25, -0.2) is 0 Å². The van der Waals surface area contributed by atoms with E-state index in [4.69, 9.17) is 4.74 Å². The second kappa shape index (κ2) is 8.87. The second-order valence-electron chi connectivity index (χ2n) is 7.97. The maximum Gasteiger partial charge on any atom is 0.251 e. The molecular weight excluding hydrogens is 340 g/mol. The van der Waals surface area contributed by atoms with Gasteiger partial charge in [-0.1, -0.05) is 30.3 Å². The van der Waals surface area contributed by atoms with Crippen molar-refractivity contribution < 1.29 is 14.3 Å². The van der Waals surface area contributed by atoms with Crippen LogP contribution in [0.15, 0.2) is 30.3 Å². The summed E-state index contributed by atoms with van der Waals surface area (Å²) in [5.74, 6) is 0.375. The fourth-order valence-corrected chi connectivity index (χ4v) is 4.40. The van der Waals surface area contributed by atoms with Crippen molar-refractivity contribution in [1.82, 2.24) is 9.80 Å². The Morgan fingerprint density at radius 1 is 1.19 bits per heavy atom. The van der Waals surface area contributed by atoms with Gasteiger partial charge >= 0.3 is 0 Å². The first-order chi connectivity index (χ1) is 13.0. The van der Waals surface area contributed by atoms with Gasteiger partial charge in [0.1, 0.15) is 6.10 Å². The third kappa shape index (κ3) is 4.89. The first kappa shape index (κ1) is 19.9. The van der Waals surface area contributed by atoms with Gasteiger partial charge < -0.3 is 14.5 Å². The van der Waals surface area contributed by atoms with Crippen molar-refractivity contribution in [2.45, 2.75) is 52.1 Å². The van der Waals surface area contributed by atoms with Crippen LogP contribution in [0.4, 0.5) is 0 Å². The first-order valence-electron chi connectivity index (χ1n) is 10.2. The number of hydrogen-bond donors (Lipinski definition) is 0. The lowest BCUT2D eigenvalue weighted by Crippen LogP contribution is -2.53. The van der Waals surface area contributed by atoms with Gasteiger partial charge in [-0.2, -0.15) is 0 Å². The minimum atomic E-state index is -0.362. The molecule has 0 N–H and O–H groups in total. The van der Waals surface area contributed by atoms with E-state index in [0.29, 0.717) is 13.0 Å². The quantitative estimate of drug-likeness (QED) is 0.771. The zero-order valence-corrected chi connectivity index (χ0v) is 16.7. The number of ether oxygens (including phenoxy) is 1. The van der Waals surface area contributed by atoms with E-state index in [2.05, 4.69) is 17.0 Å². The summed E-state index contributed by atoms with van der Waals surface area (Å²) >= 11 is 0. The van der Waals surface area contributed by atoms with Crippen molar-refractivity contribution in [2.75, 3.05) is 32.8 Å². The van der Waals surface area contributed by atoms with Crippen LogP contribution in [0.1, 0.15) is 45.1 Å². The molecule has 5 heteroatoms. The molecule has 0 saturated carbocycles. The van der Waals surface area contributed by atoms with Crippen molar-refractivity contribution in [3.05, 3.63) is 35.9 Å². The molecule has 2 aliphatic rings. The van der Waals surface area contributed by atoms with Crippen molar-refractivity contribution in [3.63, 3.8) is 0 Å². The molecule has 2 fully saturated rings. The third-order valence-electron chi connectivity index (χ3n) is 6.16. The number of nitrogens with zero attached hydrogens (tertiary/aromatic N) is 2. The lowest BCUT2D eigenvalue weighted by Gasteiger charge is -2.47. The largest absolute Gasteiger partial charge is 0.369 e. The summed E-state index contributed by atoms with van der Waals surface area (Å²) < 4.78 is 5.45. The fourth-order valence-electron chi connectivity index (χ4n) is 4.40. The van der Waals surface area contributed by atoms with E-state index in [9.17, 15) is 9.59 Å². The Morgan fingerprint density at radius 3 is 2.56 bits per heavy atom. The molecule has 1 unspecified atom stereocenters. The van der Waals surface area contributed by atoms with E-state index in [0.717, 1.165) is 51.9 Å². The second-order valence-corrected chi connectivity index (χ2v) is 7.97. The number of hydrogen-bond acceptors (Lipinski definition) is 3. The molecule has 0 radical (unpaired) electrons. The van der Waals surface area contributed by atoms with Crippen molar-refractivity contribution in [2.24, 2.45) is 5.41 Å². The molecule has 1 spiro atoms. The van der Waals surface area contributed by atoms with Crippen LogP contribution in [0.5, 0.6) is 0 Å². The van der Waals surface area contributed by atoms with Crippen LogP contribution < -0.4 is 0 Å². The maximum atomic E-state index is 12.5. The molecular formula is C22H32N2O3. The molecule has 1 aromatic rings. The van der Waals surface area contributed by atoms with E-state index in [1.54, 1.807) is 0 Å². The molecule has 5 nitrogen and oxygen atoms in total. The molecule has 2 aliphatic heterocycles. The molecule has 27 heavy (non-hydrogen) atoms. The Bertz CT molecular complexity index is 638. The number of rotatable bonds is 6. The molecule has 0 aromatic heterocycles.